The molecule has 0 aliphatic rings. The van der Waals surface area contributed by atoms with Gasteiger partial charge < -0.3 is 9.47 Å². The van der Waals surface area contributed by atoms with Crippen LogP contribution >= 0.6 is 0 Å². The molecule has 0 saturated carbocycles. The van der Waals surface area contributed by atoms with E-state index < -0.39 is 41.6 Å². The Kier molecular flexibility index (Phi) is 4.94. The van der Waals surface area contributed by atoms with Crippen LogP contribution in [0.2, 0.25) is 0 Å². The molecule has 0 fully saturated rings. The minimum absolute atomic E-state index is 0.0723. The molecule has 3 nitrogen and oxygen atoms in total. The summed E-state index contributed by atoms with van der Waals surface area (Å²) in [7, 11) is 0. The number of esters is 1. The van der Waals surface area contributed by atoms with Crippen molar-refractivity contribution in [2.24, 2.45) is 0 Å². The van der Waals surface area contributed by atoms with Gasteiger partial charge in [0.2, 0.25) is 11.6 Å². The third-order valence-electron chi connectivity index (χ3n) is 1.93. The highest BCUT2D eigenvalue weighted by molar-refractivity contribution is 5.69. The van der Waals surface area contributed by atoms with E-state index >= 15 is 0 Å². The smallest absolute Gasteiger partial charge is 0.309 e. The lowest BCUT2D eigenvalue weighted by Gasteiger charge is -2.09. The number of ether oxygens (including phenoxy) is 2. The Morgan fingerprint density at radius 3 is 2.22 bits per heavy atom. The summed E-state index contributed by atoms with van der Waals surface area (Å²) >= 11 is 0. The van der Waals surface area contributed by atoms with Gasteiger partial charge in [0, 0.05) is 6.07 Å². The van der Waals surface area contributed by atoms with Gasteiger partial charge in [-0.2, -0.15) is 8.78 Å². The molecule has 0 spiro atoms. The first-order chi connectivity index (χ1) is 8.47. The second-order valence-corrected chi connectivity index (χ2v) is 3.20. The first-order valence-electron chi connectivity index (χ1n) is 5.08. The molecular weight excluding hydrogens is 256 g/mol. The number of rotatable bonds is 5. The number of hydrogen-bond donors (Lipinski definition) is 0. The van der Waals surface area contributed by atoms with Gasteiger partial charge >= 0.3 is 5.97 Å². The molecule has 1 rings (SSSR count). The normalized spacial score (nSPS) is 10.3. The van der Waals surface area contributed by atoms with Crippen LogP contribution < -0.4 is 4.74 Å². The highest BCUT2D eigenvalue weighted by atomic mass is 19.2. The molecule has 7 heteroatoms. The Balaban J connectivity index is 2.70. The Morgan fingerprint density at radius 1 is 1.17 bits per heavy atom. The van der Waals surface area contributed by atoms with Crippen LogP contribution in [0.15, 0.2) is 6.07 Å². The van der Waals surface area contributed by atoms with Gasteiger partial charge in [0.15, 0.2) is 17.4 Å². The topological polar surface area (TPSA) is 35.5 Å². The average Bonchev–Trinajstić information content (AvgIpc) is 2.31. The van der Waals surface area contributed by atoms with Crippen molar-refractivity contribution in [3.05, 3.63) is 29.3 Å². The first-order valence-corrected chi connectivity index (χ1v) is 5.08. The van der Waals surface area contributed by atoms with E-state index in [1.165, 1.54) is 0 Å². The summed E-state index contributed by atoms with van der Waals surface area (Å²) in [6.45, 7) is 1.28. The maximum atomic E-state index is 13.1. The monoisotopic (exact) mass is 266 g/mol. The third kappa shape index (κ3) is 3.35. The highest BCUT2D eigenvalue weighted by Gasteiger charge is 2.20. The second-order valence-electron chi connectivity index (χ2n) is 3.20. The van der Waals surface area contributed by atoms with E-state index in [0.717, 1.165) is 0 Å². The Morgan fingerprint density at radius 2 is 1.72 bits per heavy atom. The van der Waals surface area contributed by atoms with Gasteiger partial charge in [-0.3, -0.25) is 4.79 Å². The molecule has 0 unspecified atom stereocenters. The molecule has 0 aliphatic heterocycles. The first kappa shape index (κ1) is 14.3. The minimum Gasteiger partial charge on any atom is -0.487 e. The van der Waals surface area contributed by atoms with Gasteiger partial charge in [-0.1, -0.05) is 0 Å². The van der Waals surface area contributed by atoms with Gasteiger partial charge in [0.05, 0.1) is 19.6 Å². The molecule has 1 aromatic rings. The molecule has 1 aromatic carbocycles. The van der Waals surface area contributed by atoms with E-state index in [2.05, 4.69) is 9.47 Å². The summed E-state index contributed by atoms with van der Waals surface area (Å²) in [5, 5.41) is 0. The van der Waals surface area contributed by atoms with E-state index in [9.17, 15) is 22.4 Å². The number of carbonyl (C=O) groups excluding carboxylic acids is 1. The van der Waals surface area contributed by atoms with Crippen LogP contribution in [0.1, 0.15) is 13.3 Å². The van der Waals surface area contributed by atoms with Crippen molar-refractivity contribution in [1.82, 2.24) is 0 Å². The van der Waals surface area contributed by atoms with Gasteiger partial charge in [-0.05, 0) is 6.92 Å². The standard InChI is InChI=1S/C11H10F4O3/c1-2-17-8(16)3-4-18-11-9(14)6(12)5-7(13)10(11)15/h5H,2-4H2,1H3. The lowest BCUT2D eigenvalue weighted by molar-refractivity contribution is -0.143. The summed E-state index contributed by atoms with van der Waals surface area (Å²) in [6.07, 6.45) is -0.287. The van der Waals surface area contributed by atoms with Crippen molar-refractivity contribution >= 4 is 5.97 Å². The van der Waals surface area contributed by atoms with E-state index in [1.807, 2.05) is 0 Å². The molecule has 0 aliphatic carbocycles. The predicted molar refractivity (Wildman–Crippen MR) is 53.0 cm³/mol. The molecule has 0 atom stereocenters. The fourth-order valence-electron chi connectivity index (χ4n) is 1.15. The Bertz CT molecular complexity index is 422. The van der Waals surface area contributed by atoms with Crippen LogP contribution in [0.3, 0.4) is 0 Å². The summed E-state index contributed by atoms with van der Waals surface area (Å²) in [4.78, 5) is 10.9. The van der Waals surface area contributed by atoms with Crippen LogP contribution in [0.25, 0.3) is 0 Å². The second kappa shape index (κ2) is 6.23. The van der Waals surface area contributed by atoms with Gasteiger partial charge in [0.25, 0.3) is 0 Å². The van der Waals surface area contributed by atoms with E-state index in [4.69, 9.17) is 0 Å². The SMILES string of the molecule is CCOC(=O)CCOc1c(F)c(F)cc(F)c1F. The number of hydrogen-bond acceptors (Lipinski definition) is 3. The van der Waals surface area contributed by atoms with Crippen molar-refractivity contribution in [1.29, 1.82) is 0 Å². The zero-order chi connectivity index (χ0) is 13.7. The molecular formula is C11H10F4O3. The molecule has 0 heterocycles. The van der Waals surface area contributed by atoms with Crippen LogP contribution in [-0.4, -0.2) is 19.2 Å². The molecule has 0 saturated heterocycles. The highest BCUT2D eigenvalue weighted by Crippen LogP contribution is 2.26. The summed E-state index contributed by atoms with van der Waals surface area (Å²) in [6, 6.07) is 0.0723. The fourth-order valence-corrected chi connectivity index (χ4v) is 1.15. The number of halogens is 4. The lowest BCUT2D eigenvalue weighted by Crippen LogP contribution is -2.11. The van der Waals surface area contributed by atoms with E-state index in [1.54, 1.807) is 6.92 Å². The van der Waals surface area contributed by atoms with Gasteiger partial charge in [0.1, 0.15) is 0 Å². The molecule has 0 bridgehead atoms. The van der Waals surface area contributed by atoms with Crippen molar-refractivity contribution in [3.63, 3.8) is 0 Å². The van der Waals surface area contributed by atoms with Crippen molar-refractivity contribution in [2.45, 2.75) is 13.3 Å². The Hall–Kier alpha value is -1.79. The molecule has 0 amide bonds. The minimum atomic E-state index is -1.64. The molecule has 0 N–H and O–H groups in total. The summed E-state index contributed by atoms with van der Waals surface area (Å²) in [5.41, 5.74) is 0. The maximum Gasteiger partial charge on any atom is 0.309 e. The van der Waals surface area contributed by atoms with Crippen LogP contribution in [0, 0.1) is 23.3 Å². The summed E-state index contributed by atoms with van der Waals surface area (Å²) < 4.78 is 60.8. The summed E-state index contributed by atoms with van der Waals surface area (Å²) in [5.74, 6) is -8.25. The van der Waals surface area contributed by atoms with Crippen LogP contribution in [0.5, 0.6) is 5.75 Å². The third-order valence-corrected chi connectivity index (χ3v) is 1.93. The van der Waals surface area contributed by atoms with Crippen molar-refractivity contribution in [3.8, 4) is 5.75 Å². The molecule has 0 radical (unpaired) electrons. The van der Waals surface area contributed by atoms with Crippen LogP contribution in [-0.2, 0) is 9.53 Å². The molecule has 100 valence electrons. The maximum absolute atomic E-state index is 13.1. The molecule has 0 aromatic heterocycles. The quantitative estimate of drug-likeness (QED) is 0.467. The van der Waals surface area contributed by atoms with Gasteiger partial charge in [-0.15, -0.1) is 0 Å². The fraction of sp³-hybridized carbons (Fsp3) is 0.364. The van der Waals surface area contributed by atoms with Gasteiger partial charge in [-0.25, -0.2) is 8.78 Å². The average molecular weight is 266 g/mol. The number of carbonyl (C=O) groups is 1. The van der Waals surface area contributed by atoms with Crippen LogP contribution in [0.4, 0.5) is 17.6 Å². The lowest BCUT2D eigenvalue weighted by atomic mass is 10.3. The predicted octanol–water partition coefficient (Wildman–Crippen LogP) is 2.58. The molecule has 18 heavy (non-hydrogen) atoms. The largest absolute Gasteiger partial charge is 0.487 e. The van der Waals surface area contributed by atoms with E-state index in [-0.39, 0.29) is 19.1 Å². The number of benzene rings is 1. The van der Waals surface area contributed by atoms with E-state index in [0.29, 0.717) is 0 Å². The Labute approximate surface area is 100 Å². The van der Waals surface area contributed by atoms with Crippen molar-refractivity contribution < 1.29 is 31.8 Å². The zero-order valence-electron chi connectivity index (χ0n) is 9.44. The zero-order valence-corrected chi connectivity index (χ0v) is 9.44. The van der Waals surface area contributed by atoms with Crippen molar-refractivity contribution in [2.75, 3.05) is 13.2 Å².